The van der Waals surface area contributed by atoms with Crippen LogP contribution >= 0.6 is 0 Å². The summed E-state index contributed by atoms with van der Waals surface area (Å²) in [6.45, 7) is 2.83. The maximum atomic E-state index is 12.6. The largest absolute Gasteiger partial charge is 0.497 e. The second-order valence-corrected chi connectivity index (χ2v) is 8.11. The molecule has 1 fully saturated rings. The van der Waals surface area contributed by atoms with E-state index in [-0.39, 0.29) is 11.4 Å². The minimum Gasteiger partial charge on any atom is -0.497 e. The lowest BCUT2D eigenvalue weighted by Gasteiger charge is -2.43. The van der Waals surface area contributed by atoms with Gasteiger partial charge in [0.05, 0.1) is 19.8 Å². The average molecular weight is 416 g/mol. The number of piperidine rings is 1. The molecule has 0 saturated carbocycles. The minimum absolute atomic E-state index is 0.271. The summed E-state index contributed by atoms with van der Waals surface area (Å²) in [5.74, 6) is 0.545. The van der Waals surface area contributed by atoms with E-state index in [1.165, 1.54) is 18.2 Å². The first-order valence-electron chi connectivity index (χ1n) is 10.7. The first-order valence-corrected chi connectivity index (χ1v) is 10.7. The molecule has 1 aliphatic rings. The fourth-order valence-electron chi connectivity index (χ4n) is 4.76. The van der Waals surface area contributed by atoms with Gasteiger partial charge in [-0.1, -0.05) is 60.7 Å². The molecule has 0 amide bonds. The molecule has 31 heavy (non-hydrogen) atoms. The minimum atomic E-state index is -0.287. The van der Waals surface area contributed by atoms with Crippen LogP contribution in [0.25, 0.3) is 0 Å². The Hall–Kier alpha value is -3.11. The zero-order valence-corrected chi connectivity index (χ0v) is 18.2. The fourth-order valence-corrected chi connectivity index (χ4v) is 4.76. The van der Waals surface area contributed by atoms with Gasteiger partial charge in [-0.15, -0.1) is 0 Å². The first-order chi connectivity index (χ1) is 15.2. The lowest BCUT2D eigenvalue weighted by molar-refractivity contribution is 0.0596. The molecule has 0 spiro atoms. The number of likely N-dealkylation sites (tertiary alicyclic amines) is 1. The Kier molecular flexibility index (Phi) is 6.38. The molecule has 0 unspecified atom stereocenters. The molecule has 0 aromatic heterocycles. The SMILES string of the molecule is COC(=O)c1ccccc1C1(c2cccc(OC)c2)CCN(Cc2ccccc2)CC1. The van der Waals surface area contributed by atoms with Crippen LogP contribution in [0, 0.1) is 0 Å². The molecule has 160 valence electrons. The van der Waals surface area contributed by atoms with Gasteiger partial charge in [0.15, 0.2) is 0 Å². The molecule has 1 aliphatic heterocycles. The van der Waals surface area contributed by atoms with E-state index < -0.39 is 0 Å². The molecule has 4 nitrogen and oxygen atoms in total. The van der Waals surface area contributed by atoms with Crippen LogP contribution in [0.15, 0.2) is 78.9 Å². The Morgan fingerprint density at radius 1 is 0.903 bits per heavy atom. The highest BCUT2D eigenvalue weighted by molar-refractivity contribution is 5.91. The van der Waals surface area contributed by atoms with E-state index in [9.17, 15) is 4.79 Å². The van der Waals surface area contributed by atoms with Crippen molar-refractivity contribution in [2.45, 2.75) is 24.8 Å². The zero-order valence-electron chi connectivity index (χ0n) is 18.2. The zero-order chi connectivity index (χ0) is 21.7. The molecule has 3 aromatic rings. The van der Waals surface area contributed by atoms with Gasteiger partial charge >= 0.3 is 5.97 Å². The summed E-state index contributed by atoms with van der Waals surface area (Å²) < 4.78 is 10.6. The van der Waals surface area contributed by atoms with Crippen LogP contribution in [0.4, 0.5) is 0 Å². The van der Waals surface area contributed by atoms with E-state index in [0.717, 1.165) is 43.8 Å². The molecule has 3 aromatic carbocycles. The van der Waals surface area contributed by atoms with Crippen LogP contribution in [0.3, 0.4) is 0 Å². The highest BCUT2D eigenvalue weighted by atomic mass is 16.5. The molecular weight excluding hydrogens is 386 g/mol. The number of esters is 1. The first kappa shape index (κ1) is 21.1. The lowest BCUT2D eigenvalue weighted by atomic mass is 9.66. The highest BCUT2D eigenvalue weighted by Gasteiger charge is 2.40. The smallest absolute Gasteiger partial charge is 0.338 e. The molecule has 0 atom stereocenters. The maximum absolute atomic E-state index is 12.6. The third-order valence-corrected chi connectivity index (χ3v) is 6.43. The second kappa shape index (κ2) is 9.36. The van der Waals surface area contributed by atoms with Crippen molar-refractivity contribution in [2.24, 2.45) is 0 Å². The molecule has 0 N–H and O–H groups in total. The van der Waals surface area contributed by atoms with Crippen molar-refractivity contribution in [1.82, 2.24) is 4.90 Å². The van der Waals surface area contributed by atoms with Gasteiger partial charge in [-0.05, 0) is 60.8 Å². The van der Waals surface area contributed by atoms with Crippen molar-refractivity contribution in [1.29, 1.82) is 0 Å². The van der Waals surface area contributed by atoms with Crippen molar-refractivity contribution in [3.05, 3.63) is 101 Å². The molecule has 0 bridgehead atoms. The number of hydrogen-bond acceptors (Lipinski definition) is 4. The number of carbonyl (C=O) groups excluding carboxylic acids is 1. The topological polar surface area (TPSA) is 38.8 Å². The van der Waals surface area contributed by atoms with Crippen molar-refractivity contribution < 1.29 is 14.3 Å². The Balaban J connectivity index is 1.71. The van der Waals surface area contributed by atoms with Crippen molar-refractivity contribution >= 4 is 5.97 Å². The number of rotatable bonds is 6. The Labute approximate surface area is 184 Å². The fraction of sp³-hybridized carbons (Fsp3) is 0.296. The molecule has 0 radical (unpaired) electrons. The Morgan fingerprint density at radius 2 is 1.61 bits per heavy atom. The number of carbonyl (C=O) groups is 1. The van der Waals surface area contributed by atoms with Crippen LogP contribution in [-0.2, 0) is 16.7 Å². The summed E-state index contributed by atoms with van der Waals surface area (Å²) in [5.41, 5.74) is 3.92. The summed E-state index contributed by atoms with van der Waals surface area (Å²) in [6, 6.07) is 26.7. The Bertz CT molecular complexity index is 1020. The molecule has 4 rings (SSSR count). The van der Waals surface area contributed by atoms with Crippen LogP contribution in [0.1, 0.15) is 39.9 Å². The third kappa shape index (κ3) is 4.35. The number of ether oxygens (including phenoxy) is 2. The van der Waals surface area contributed by atoms with E-state index in [1.807, 2.05) is 30.3 Å². The molecular formula is C27H29NO3. The van der Waals surface area contributed by atoms with E-state index in [0.29, 0.717) is 5.56 Å². The normalized spacial score (nSPS) is 15.9. The van der Waals surface area contributed by atoms with E-state index in [2.05, 4.69) is 53.4 Å². The van der Waals surface area contributed by atoms with Crippen LogP contribution in [0.5, 0.6) is 5.75 Å². The lowest BCUT2D eigenvalue weighted by Crippen LogP contribution is -2.43. The predicted octanol–water partition coefficient (Wildman–Crippen LogP) is 5.06. The van der Waals surface area contributed by atoms with Gasteiger partial charge in [0.2, 0.25) is 0 Å². The summed E-state index contributed by atoms with van der Waals surface area (Å²) in [4.78, 5) is 15.1. The van der Waals surface area contributed by atoms with Crippen LogP contribution in [0.2, 0.25) is 0 Å². The van der Waals surface area contributed by atoms with Crippen LogP contribution < -0.4 is 4.74 Å². The molecule has 1 saturated heterocycles. The average Bonchev–Trinajstić information content (AvgIpc) is 2.85. The van der Waals surface area contributed by atoms with Gasteiger partial charge in [0, 0.05) is 12.0 Å². The predicted molar refractivity (Wildman–Crippen MR) is 123 cm³/mol. The standard InChI is InChI=1S/C27H29NO3/c1-30-23-12-8-11-22(19-23)27(25-14-7-6-13-24(25)26(29)31-2)15-17-28(18-16-27)20-21-9-4-3-5-10-21/h3-14,19H,15-18,20H2,1-2H3. The quantitative estimate of drug-likeness (QED) is 0.527. The van der Waals surface area contributed by atoms with Crippen LogP contribution in [-0.4, -0.2) is 38.2 Å². The summed E-state index contributed by atoms with van der Waals surface area (Å²) in [5, 5.41) is 0. The van der Waals surface area contributed by atoms with E-state index in [1.54, 1.807) is 7.11 Å². The molecule has 0 aliphatic carbocycles. The summed E-state index contributed by atoms with van der Waals surface area (Å²) >= 11 is 0. The maximum Gasteiger partial charge on any atom is 0.338 e. The van der Waals surface area contributed by atoms with Gasteiger partial charge in [-0.25, -0.2) is 4.79 Å². The van der Waals surface area contributed by atoms with Gasteiger partial charge in [-0.2, -0.15) is 0 Å². The van der Waals surface area contributed by atoms with E-state index in [4.69, 9.17) is 9.47 Å². The number of benzene rings is 3. The number of methoxy groups -OCH3 is 2. The molecule has 4 heteroatoms. The summed E-state index contributed by atoms with van der Waals surface area (Å²) in [7, 11) is 3.14. The monoisotopic (exact) mass is 415 g/mol. The van der Waals surface area contributed by atoms with Crippen molar-refractivity contribution in [3.8, 4) is 5.75 Å². The third-order valence-electron chi connectivity index (χ3n) is 6.43. The van der Waals surface area contributed by atoms with Gasteiger partial charge in [-0.3, -0.25) is 4.90 Å². The Morgan fingerprint density at radius 3 is 2.32 bits per heavy atom. The van der Waals surface area contributed by atoms with Gasteiger partial charge < -0.3 is 9.47 Å². The number of nitrogens with zero attached hydrogens (tertiary/aromatic N) is 1. The molecule has 1 heterocycles. The van der Waals surface area contributed by atoms with Gasteiger partial charge in [0.25, 0.3) is 0 Å². The highest BCUT2D eigenvalue weighted by Crippen LogP contribution is 2.44. The number of hydrogen-bond donors (Lipinski definition) is 0. The van der Waals surface area contributed by atoms with Crippen molar-refractivity contribution in [3.63, 3.8) is 0 Å². The second-order valence-electron chi connectivity index (χ2n) is 8.11. The van der Waals surface area contributed by atoms with E-state index >= 15 is 0 Å². The van der Waals surface area contributed by atoms with Crippen molar-refractivity contribution in [2.75, 3.05) is 27.3 Å². The van der Waals surface area contributed by atoms with Gasteiger partial charge in [0.1, 0.15) is 5.75 Å². The summed E-state index contributed by atoms with van der Waals surface area (Å²) in [6.07, 6.45) is 1.84.